The summed E-state index contributed by atoms with van der Waals surface area (Å²) in [7, 11) is -3.82. The summed E-state index contributed by atoms with van der Waals surface area (Å²) in [6, 6.07) is 3.58. The van der Waals surface area contributed by atoms with Gasteiger partial charge >= 0.3 is 6.09 Å². The Balaban J connectivity index is 2.01. The zero-order valence-electron chi connectivity index (χ0n) is 15.1. The molecule has 1 heterocycles. The predicted octanol–water partition coefficient (Wildman–Crippen LogP) is 3.30. The molecule has 26 heavy (non-hydrogen) atoms. The summed E-state index contributed by atoms with van der Waals surface area (Å²) in [6.45, 7) is 6.03. The Bertz CT molecular complexity index is 744. The van der Waals surface area contributed by atoms with Crippen LogP contribution >= 0.6 is 11.6 Å². The van der Waals surface area contributed by atoms with Crippen molar-refractivity contribution >= 4 is 27.7 Å². The maximum atomic E-state index is 13.8. The van der Waals surface area contributed by atoms with Gasteiger partial charge < -0.3 is 9.64 Å². The second-order valence-corrected chi connectivity index (χ2v) is 9.50. The van der Waals surface area contributed by atoms with Crippen LogP contribution in [0.4, 0.5) is 9.18 Å². The molecule has 146 valence electrons. The third-order valence-electron chi connectivity index (χ3n) is 3.82. The van der Waals surface area contributed by atoms with E-state index in [1.165, 1.54) is 23.1 Å². The van der Waals surface area contributed by atoms with Crippen LogP contribution < -0.4 is 4.72 Å². The van der Waals surface area contributed by atoms with Gasteiger partial charge in [-0.2, -0.15) is 0 Å². The van der Waals surface area contributed by atoms with Gasteiger partial charge in [0.1, 0.15) is 11.4 Å². The number of sulfonamides is 1. The van der Waals surface area contributed by atoms with Crippen LogP contribution in [-0.4, -0.2) is 44.1 Å². The van der Waals surface area contributed by atoms with E-state index in [1.54, 1.807) is 20.8 Å². The van der Waals surface area contributed by atoms with Crippen molar-refractivity contribution < 1.29 is 22.3 Å². The lowest BCUT2D eigenvalue weighted by Crippen LogP contribution is -2.50. The summed E-state index contributed by atoms with van der Waals surface area (Å²) in [4.78, 5) is 13.6. The second kappa shape index (κ2) is 8.10. The topological polar surface area (TPSA) is 75.7 Å². The van der Waals surface area contributed by atoms with Gasteiger partial charge in [0, 0.05) is 29.7 Å². The fourth-order valence-electron chi connectivity index (χ4n) is 2.72. The molecule has 1 amide bonds. The van der Waals surface area contributed by atoms with E-state index in [4.69, 9.17) is 16.3 Å². The summed E-state index contributed by atoms with van der Waals surface area (Å²) in [5.74, 6) is -1.22. The Kier molecular flexibility index (Phi) is 6.52. The van der Waals surface area contributed by atoms with Crippen molar-refractivity contribution in [2.45, 2.75) is 51.0 Å². The number of halogens is 2. The zero-order chi connectivity index (χ0) is 19.5. The summed E-state index contributed by atoms with van der Waals surface area (Å²) in [5.41, 5.74) is -0.688. The SMILES string of the molecule is CC(C)(C)OC(=O)N1CCC[C@@H](NS(=O)(=O)Cc2c(F)cccc2Cl)C1. The van der Waals surface area contributed by atoms with Crippen molar-refractivity contribution in [3.8, 4) is 0 Å². The van der Waals surface area contributed by atoms with Crippen LogP contribution in [0.25, 0.3) is 0 Å². The molecule has 1 atom stereocenters. The first kappa shape index (κ1) is 20.9. The van der Waals surface area contributed by atoms with Crippen LogP contribution in [0.1, 0.15) is 39.2 Å². The van der Waals surface area contributed by atoms with Crippen molar-refractivity contribution in [2.24, 2.45) is 0 Å². The van der Waals surface area contributed by atoms with Crippen molar-refractivity contribution in [3.05, 3.63) is 34.6 Å². The van der Waals surface area contributed by atoms with Crippen LogP contribution in [0.5, 0.6) is 0 Å². The molecule has 9 heteroatoms. The molecule has 1 saturated heterocycles. The molecule has 1 N–H and O–H groups in total. The third kappa shape index (κ3) is 6.10. The van der Waals surface area contributed by atoms with E-state index in [9.17, 15) is 17.6 Å². The van der Waals surface area contributed by atoms with E-state index in [0.717, 1.165) is 0 Å². The van der Waals surface area contributed by atoms with Crippen molar-refractivity contribution in [1.29, 1.82) is 0 Å². The van der Waals surface area contributed by atoms with Gasteiger partial charge in [0.25, 0.3) is 0 Å². The molecule has 1 aromatic carbocycles. The standard InChI is InChI=1S/C17H24ClFN2O4S/c1-17(2,3)25-16(22)21-9-5-6-12(10-21)20-26(23,24)11-13-14(18)7-4-8-15(13)19/h4,7-8,12,20H,5-6,9-11H2,1-3H3/t12-/m1/s1. The van der Waals surface area contributed by atoms with Gasteiger partial charge in [-0.3, -0.25) is 0 Å². The number of rotatable bonds is 4. The van der Waals surface area contributed by atoms with Crippen molar-refractivity contribution in [2.75, 3.05) is 13.1 Å². The van der Waals surface area contributed by atoms with Crippen LogP contribution in [0.2, 0.25) is 5.02 Å². The number of piperidine rings is 1. The number of nitrogens with one attached hydrogen (secondary N) is 1. The Hall–Kier alpha value is -1.38. The molecule has 6 nitrogen and oxygen atoms in total. The summed E-state index contributed by atoms with van der Waals surface area (Å²) < 4.78 is 46.5. The van der Waals surface area contributed by atoms with Gasteiger partial charge in [-0.05, 0) is 45.7 Å². The first-order valence-electron chi connectivity index (χ1n) is 8.38. The predicted molar refractivity (Wildman–Crippen MR) is 98.0 cm³/mol. The van der Waals surface area contributed by atoms with Crippen LogP contribution in [0, 0.1) is 5.82 Å². The van der Waals surface area contributed by atoms with Gasteiger partial charge in [-0.25, -0.2) is 22.3 Å². The number of likely N-dealkylation sites (tertiary alicyclic amines) is 1. The fraction of sp³-hybridized carbons (Fsp3) is 0.588. The molecule has 0 aromatic heterocycles. The first-order valence-corrected chi connectivity index (χ1v) is 10.4. The van der Waals surface area contributed by atoms with Crippen LogP contribution in [0.3, 0.4) is 0 Å². The number of ether oxygens (including phenoxy) is 1. The van der Waals surface area contributed by atoms with Crippen LogP contribution in [-0.2, 0) is 20.5 Å². The third-order valence-corrected chi connectivity index (χ3v) is 5.53. The minimum atomic E-state index is -3.82. The number of hydrogen-bond acceptors (Lipinski definition) is 4. The molecule has 0 saturated carbocycles. The van der Waals surface area contributed by atoms with E-state index in [1.807, 2.05) is 0 Å². The van der Waals surface area contributed by atoms with Gasteiger partial charge in [-0.15, -0.1) is 0 Å². The minimum absolute atomic E-state index is 0.0643. The number of nitrogens with zero attached hydrogens (tertiary/aromatic N) is 1. The summed E-state index contributed by atoms with van der Waals surface area (Å²) >= 11 is 5.90. The highest BCUT2D eigenvalue weighted by Crippen LogP contribution is 2.22. The second-order valence-electron chi connectivity index (χ2n) is 7.34. The van der Waals surface area contributed by atoms with Gasteiger partial charge in [-0.1, -0.05) is 17.7 Å². The number of amides is 1. The molecule has 0 aliphatic carbocycles. The molecule has 0 radical (unpaired) electrons. The molecule has 1 aliphatic heterocycles. The normalized spacial score (nSPS) is 18.7. The Morgan fingerprint density at radius 1 is 1.42 bits per heavy atom. The molecule has 1 aliphatic rings. The fourth-order valence-corrected chi connectivity index (χ4v) is 4.49. The maximum absolute atomic E-state index is 13.8. The average molecular weight is 407 g/mol. The quantitative estimate of drug-likeness (QED) is 0.832. The van der Waals surface area contributed by atoms with Crippen molar-refractivity contribution in [1.82, 2.24) is 9.62 Å². The van der Waals surface area contributed by atoms with E-state index in [2.05, 4.69) is 4.72 Å². The Labute approximate surface area is 158 Å². The largest absolute Gasteiger partial charge is 0.444 e. The molecule has 0 spiro atoms. The van der Waals surface area contributed by atoms with E-state index >= 15 is 0 Å². The van der Waals surface area contributed by atoms with E-state index in [0.29, 0.717) is 19.4 Å². The highest BCUT2D eigenvalue weighted by Gasteiger charge is 2.30. The monoisotopic (exact) mass is 406 g/mol. The van der Waals surface area contributed by atoms with E-state index < -0.39 is 39.3 Å². The Morgan fingerprint density at radius 3 is 2.73 bits per heavy atom. The summed E-state index contributed by atoms with van der Waals surface area (Å²) in [6.07, 6.45) is 0.759. The number of hydrogen-bond donors (Lipinski definition) is 1. The smallest absolute Gasteiger partial charge is 0.410 e. The molecular weight excluding hydrogens is 383 g/mol. The molecule has 0 unspecified atom stereocenters. The Morgan fingerprint density at radius 2 is 2.12 bits per heavy atom. The molecule has 1 aromatic rings. The molecule has 2 rings (SSSR count). The van der Waals surface area contributed by atoms with Crippen molar-refractivity contribution in [3.63, 3.8) is 0 Å². The van der Waals surface area contributed by atoms with Gasteiger partial charge in [0.2, 0.25) is 10.0 Å². The number of carbonyl (C=O) groups is 1. The highest BCUT2D eigenvalue weighted by molar-refractivity contribution is 7.88. The maximum Gasteiger partial charge on any atom is 0.410 e. The minimum Gasteiger partial charge on any atom is -0.444 e. The van der Waals surface area contributed by atoms with Gasteiger partial charge in [0.15, 0.2) is 0 Å². The van der Waals surface area contributed by atoms with Gasteiger partial charge in [0.05, 0.1) is 5.75 Å². The first-order chi connectivity index (χ1) is 12.0. The lowest BCUT2D eigenvalue weighted by atomic mass is 10.1. The van der Waals surface area contributed by atoms with E-state index in [-0.39, 0.29) is 17.1 Å². The summed E-state index contributed by atoms with van der Waals surface area (Å²) in [5, 5.41) is 0.0643. The van der Waals surface area contributed by atoms with Crippen LogP contribution in [0.15, 0.2) is 18.2 Å². The number of carbonyl (C=O) groups excluding carboxylic acids is 1. The lowest BCUT2D eigenvalue weighted by Gasteiger charge is -2.34. The molecule has 0 bridgehead atoms. The average Bonchev–Trinajstić information content (AvgIpc) is 2.49. The molecule has 1 fully saturated rings. The number of benzene rings is 1. The zero-order valence-corrected chi connectivity index (χ0v) is 16.7. The lowest BCUT2D eigenvalue weighted by molar-refractivity contribution is 0.0195. The highest BCUT2D eigenvalue weighted by atomic mass is 35.5. The molecular formula is C17H24ClFN2O4S.